The molecule has 12 nitrogen and oxygen atoms in total. The monoisotopic (exact) mass is 378 g/mol. The van der Waals surface area contributed by atoms with Crippen molar-refractivity contribution < 1.29 is 28.7 Å². The summed E-state index contributed by atoms with van der Waals surface area (Å²) < 4.78 is 21.7. The van der Waals surface area contributed by atoms with E-state index in [1.807, 2.05) is 0 Å². The number of carbonyl (C=O) groups excluding carboxylic acids is 1. The van der Waals surface area contributed by atoms with Crippen LogP contribution in [0.25, 0.3) is 0 Å². The van der Waals surface area contributed by atoms with Gasteiger partial charge < -0.3 is 24.7 Å². The fourth-order valence-electron chi connectivity index (χ4n) is 2.22. The highest BCUT2D eigenvalue weighted by Gasteiger charge is 2.29. The minimum Gasteiger partial charge on any atom is -0.429 e. The molecule has 0 aliphatic carbocycles. The molecule has 2 atom stereocenters. The zero-order valence-corrected chi connectivity index (χ0v) is 13.7. The fraction of sp³-hybridized carbons (Fsp3) is 0.267. The molecule has 12 heteroatoms. The molecule has 2 N–H and O–H groups in total. The van der Waals surface area contributed by atoms with Gasteiger partial charge in [0, 0.05) is 18.3 Å². The van der Waals surface area contributed by atoms with E-state index in [0.29, 0.717) is 0 Å². The van der Waals surface area contributed by atoms with Crippen LogP contribution in [0.15, 0.2) is 41.3 Å². The van der Waals surface area contributed by atoms with Crippen LogP contribution in [-0.4, -0.2) is 40.1 Å². The molecule has 0 radical (unpaired) electrons. The lowest BCUT2D eigenvalue weighted by Gasteiger charge is -2.13. The summed E-state index contributed by atoms with van der Waals surface area (Å²) in [7, 11) is 0. The van der Waals surface area contributed by atoms with Gasteiger partial charge in [-0.2, -0.15) is 4.98 Å². The van der Waals surface area contributed by atoms with Gasteiger partial charge in [-0.3, -0.25) is 14.7 Å². The number of nitrogen functional groups attached to an aromatic ring is 1. The second-order valence-electron chi connectivity index (χ2n) is 5.31. The smallest absolute Gasteiger partial charge is 0.429 e. The van der Waals surface area contributed by atoms with Crippen LogP contribution < -0.4 is 16.2 Å². The number of carbonyl (C=O) groups is 1. The Hall–Kier alpha value is -3.51. The minimum absolute atomic E-state index is 0.0525. The molecule has 3 rings (SSSR count). The van der Waals surface area contributed by atoms with Gasteiger partial charge in [0.2, 0.25) is 0 Å². The Balaban J connectivity index is 1.48. The van der Waals surface area contributed by atoms with Crippen molar-refractivity contribution in [1.29, 1.82) is 0 Å². The summed E-state index contributed by atoms with van der Waals surface area (Å²) in [4.78, 5) is 37.0. The second kappa shape index (κ2) is 7.80. The number of hydrogen-bond donors (Lipinski definition) is 1. The molecule has 142 valence electrons. The maximum Gasteiger partial charge on any atom is 0.514 e. The molecule has 2 aromatic rings. The molecule has 27 heavy (non-hydrogen) atoms. The average Bonchev–Trinajstić information content (AvgIpc) is 3.09. The number of aromatic nitrogens is 2. The topological polar surface area (TPSA) is 158 Å². The molecule has 0 spiro atoms. The van der Waals surface area contributed by atoms with E-state index < -0.39 is 29.3 Å². The number of benzene rings is 1. The first-order chi connectivity index (χ1) is 12.9. The van der Waals surface area contributed by atoms with Crippen LogP contribution in [-0.2, 0) is 14.2 Å². The minimum atomic E-state index is -1.04. The van der Waals surface area contributed by atoms with Crippen molar-refractivity contribution in [3.63, 3.8) is 0 Å². The Morgan fingerprint density at radius 1 is 1.37 bits per heavy atom. The maximum absolute atomic E-state index is 11.8. The predicted octanol–water partition coefficient (Wildman–Crippen LogP) is 0.821. The van der Waals surface area contributed by atoms with Crippen molar-refractivity contribution in [3.8, 4) is 5.75 Å². The molecular formula is C15H14N4O8. The zero-order chi connectivity index (χ0) is 19.4. The number of rotatable bonds is 5. The van der Waals surface area contributed by atoms with Crippen LogP contribution in [0.1, 0.15) is 6.23 Å². The first-order valence-electron chi connectivity index (χ1n) is 7.63. The summed E-state index contributed by atoms with van der Waals surface area (Å²) in [5, 5.41) is 10.6. The van der Waals surface area contributed by atoms with Gasteiger partial charge in [0.1, 0.15) is 18.2 Å². The van der Waals surface area contributed by atoms with E-state index in [2.05, 4.69) is 4.98 Å². The van der Waals surface area contributed by atoms with E-state index in [4.69, 9.17) is 24.7 Å². The van der Waals surface area contributed by atoms with Gasteiger partial charge in [0.25, 0.3) is 5.69 Å². The number of nitro benzene ring substituents is 1. The average molecular weight is 378 g/mol. The van der Waals surface area contributed by atoms with Crippen LogP contribution >= 0.6 is 0 Å². The predicted molar refractivity (Wildman–Crippen MR) is 87.8 cm³/mol. The van der Waals surface area contributed by atoms with Gasteiger partial charge in [0.05, 0.1) is 11.5 Å². The lowest BCUT2D eigenvalue weighted by atomic mass is 10.3. The molecule has 0 unspecified atom stereocenters. The first-order valence-corrected chi connectivity index (χ1v) is 7.63. The van der Waals surface area contributed by atoms with E-state index in [-0.39, 0.29) is 30.5 Å². The summed E-state index contributed by atoms with van der Waals surface area (Å²) in [5.74, 6) is 0.167. The van der Waals surface area contributed by atoms with Gasteiger partial charge in [-0.15, -0.1) is 0 Å². The quantitative estimate of drug-likeness (QED) is 0.341. The Labute approximate surface area is 151 Å². The van der Waals surface area contributed by atoms with E-state index in [1.54, 1.807) is 0 Å². The Bertz CT molecular complexity index is 897. The van der Waals surface area contributed by atoms with Crippen LogP contribution in [0.2, 0.25) is 0 Å². The van der Waals surface area contributed by atoms with Crippen LogP contribution in [0.3, 0.4) is 0 Å². The third-order valence-corrected chi connectivity index (χ3v) is 3.48. The highest BCUT2D eigenvalue weighted by molar-refractivity contribution is 5.64. The van der Waals surface area contributed by atoms with Crippen molar-refractivity contribution in [3.05, 3.63) is 57.1 Å². The lowest BCUT2D eigenvalue weighted by Crippen LogP contribution is -2.29. The molecule has 0 amide bonds. The molecule has 1 aliphatic heterocycles. The standard InChI is InChI=1S/C15H14N4O8/c16-11-5-6-18(14(20)17-11)12-7-24-13(27-12)8-25-15(21)26-10-3-1-9(2-4-10)19(22)23/h1-6,12-13H,7-8H2,(H2,16,17,20)/t12-,13-/m0/s1. The van der Waals surface area contributed by atoms with E-state index >= 15 is 0 Å². The molecule has 0 saturated carbocycles. The molecule has 1 aromatic carbocycles. The number of ether oxygens (including phenoxy) is 4. The van der Waals surface area contributed by atoms with Crippen LogP contribution in [0, 0.1) is 10.1 Å². The summed E-state index contributed by atoms with van der Waals surface area (Å²) in [5.41, 5.74) is 4.69. The number of anilines is 1. The van der Waals surface area contributed by atoms with Crippen molar-refractivity contribution in [1.82, 2.24) is 9.55 Å². The largest absolute Gasteiger partial charge is 0.514 e. The van der Waals surface area contributed by atoms with E-state index in [0.717, 1.165) is 0 Å². The normalized spacial score (nSPS) is 18.8. The maximum atomic E-state index is 11.8. The van der Waals surface area contributed by atoms with E-state index in [9.17, 15) is 19.7 Å². The molecule has 1 saturated heterocycles. The van der Waals surface area contributed by atoms with Crippen LogP contribution in [0.5, 0.6) is 5.75 Å². The number of nitrogens with two attached hydrogens (primary N) is 1. The summed E-state index contributed by atoms with van der Waals surface area (Å²) in [6, 6.07) is 6.34. The van der Waals surface area contributed by atoms with Crippen LogP contribution in [0.4, 0.5) is 16.3 Å². The van der Waals surface area contributed by atoms with Crippen molar-refractivity contribution >= 4 is 17.7 Å². The van der Waals surface area contributed by atoms with Gasteiger partial charge in [-0.1, -0.05) is 0 Å². The van der Waals surface area contributed by atoms with Crippen molar-refractivity contribution in [2.45, 2.75) is 12.5 Å². The third-order valence-electron chi connectivity index (χ3n) is 3.48. The fourth-order valence-corrected chi connectivity index (χ4v) is 2.22. The first kappa shape index (κ1) is 18.3. The Kier molecular flexibility index (Phi) is 5.28. The Morgan fingerprint density at radius 2 is 2.11 bits per heavy atom. The molecule has 1 aliphatic rings. The van der Waals surface area contributed by atoms with Gasteiger partial charge >= 0.3 is 11.8 Å². The number of nitro groups is 1. The third kappa shape index (κ3) is 4.56. The second-order valence-corrected chi connectivity index (χ2v) is 5.31. The van der Waals surface area contributed by atoms with E-state index in [1.165, 1.54) is 41.1 Å². The van der Waals surface area contributed by atoms with Crippen molar-refractivity contribution in [2.24, 2.45) is 0 Å². The zero-order valence-electron chi connectivity index (χ0n) is 13.7. The summed E-state index contributed by atoms with van der Waals surface area (Å²) in [6.45, 7) is -0.226. The summed E-state index contributed by atoms with van der Waals surface area (Å²) in [6.07, 6.45) is -1.25. The highest BCUT2D eigenvalue weighted by atomic mass is 16.8. The SMILES string of the molecule is Nc1ccn([C@@H]2CO[C@H](COC(=O)Oc3ccc([N+](=O)[O-])cc3)O2)c(=O)n1. The highest BCUT2D eigenvalue weighted by Crippen LogP contribution is 2.21. The lowest BCUT2D eigenvalue weighted by molar-refractivity contribution is -0.384. The van der Waals surface area contributed by atoms with Gasteiger partial charge in [-0.05, 0) is 18.2 Å². The molecule has 1 aromatic heterocycles. The molecule has 0 bridgehead atoms. The number of hydrogen-bond acceptors (Lipinski definition) is 10. The number of nitrogens with zero attached hydrogens (tertiary/aromatic N) is 3. The van der Waals surface area contributed by atoms with Crippen molar-refractivity contribution in [2.75, 3.05) is 18.9 Å². The molecule has 2 heterocycles. The van der Waals surface area contributed by atoms with Gasteiger partial charge in [0.15, 0.2) is 12.5 Å². The van der Waals surface area contributed by atoms with Gasteiger partial charge in [-0.25, -0.2) is 9.59 Å². The molecule has 1 fully saturated rings. The number of non-ortho nitro benzene ring substituents is 1. The summed E-state index contributed by atoms with van der Waals surface area (Å²) >= 11 is 0. The Morgan fingerprint density at radius 3 is 2.78 bits per heavy atom. The molecular weight excluding hydrogens is 364 g/mol.